The van der Waals surface area contributed by atoms with Gasteiger partial charge < -0.3 is 20.0 Å². The highest BCUT2D eigenvalue weighted by atomic mass is 32.2. The summed E-state index contributed by atoms with van der Waals surface area (Å²) in [4.78, 5) is 23.9. The first-order valence-electron chi connectivity index (χ1n) is 12.2. The summed E-state index contributed by atoms with van der Waals surface area (Å²) in [5, 5.41) is 14.1. The Hall–Kier alpha value is -2.75. The smallest absolute Gasteiger partial charge is 0.243 e. The highest BCUT2D eigenvalue weighted by Gasteiger charge is 2.31. The molecule has 0 bridgehead atoms. The Kier molecular flexibility index (Phi) is 11.6. The Morgan fingerprint density at radius 2 is 1.67 bits per heavy atom. The first kappa shape index (κ1) is 29.5. The number of benzene rings is 2. The number of Topliss-reactive ketones (excluding diaryl/α,β-unsaturated/α-hetero) is 1. The number of aliphatic hydroxyl groups excluding tert-OH is 1. The zero-order valence-electron chi connectivity index (χ0n) is 21.5. The summed E-state index contributed by atoms with van der Waals surface area (Å²) in [6.07, 6.45) is 0.0108. The van der Waals surface area contributed by atoms with Crippen molar-refractivity contribution in [1.82, 2.24) is 9.62 Å². The molecule has 0 heterocycles. The van der Waals surface area contributed by atoms with Gasteiger partial charge in [0.15, 0.2) is 0 Å². The first-order valence-corrected chi connectivity index (χ1v) is 13.7. The predicted molar refractivity (Wildman–Crippen MR) is 139 cm³/mol. The van der Waals surface area contributed by atoms with Crippen molar-refractivity contribution < 1.29 is 27.9 Å². The van der Waals surface area contributed by atoms with Gasteiger partial charge in [0.25, 0.3) is 0 Å². The fraction of sp³-hybridized carbons (Fsp3) is 0.481. The second-order valence-corrected chi connectivity index (χ2v) is 11.1. The maximum atomic E-state index is 13.5. The van der Waals surface area contributed by atoms with Crippen LogP contribution in [0, 0.1) is 5.92 Å². The molecule has 1 amide bonds. The number of amides is 1. The molecule has 0 aliphatic heterocycles. The van der Waals surface area contributed by atoms with Crippen LogP contribution in [0.4, 0.5) is 0 Å². The summed E-state index contributed by atoms with van der Waals surface area (Å²) >= 11 is 0. The zero-order valence-corrected chi connectivity index (χ0v) is 22.3. The number of carbonyl (C=O) groups excluding carboxylic acids is 2. The summed E-state index contributed by atoms with van der Waals surface area (Å²) < 4.78 is 33.5. The molecular weight excluding hydrogens is 480 g/mol. The van der Waals surface area contributed by atoms with E-state index >= 15 is 0 Å². The summed E-state index contributed by atoms with van der Waals surface area (Å²) in [6.45, 7) is 5.38. The standard InChI is InChI=1S/C27H38N2O6S/c1-5-20(2)18-29(36(33,34)24-14-12-23(35-4)13-15-24)19-26(31)25(17-22-9-7-6-8-10-22)28-27(32)16-11-21(3)30/h6-10,12-15,20,25-26,31H,5,11,16-19H2,1-4H3,(H,28,32)/t20-,25-,26+/m0/s1. The molecule has 0 radical (unpaired) electrons. The lowest BCUT2D eigenvalue weighted by molar-refractivity contribution is -0.125. The maximum Gasteiger partial charge on any atom is 0.243 e. The van der Waals surface area contributed by atoms with E-state index in [0.29, 0.717) is 12.2 Å². The third-order valence-electron chi connectivity index (χ3n) is 6.11. The third-order valence-corrected chi connectivity index (χ3v) is 7.96. The first-order chi connectivity index (χ1) is 17.1. The molecule has 36 heavy (non-hydrogen) atoms. The van der Waals surface area contributed by atoms with Crippen molar-refractivity contribution >= 4 is 21.7 Å². The van der Waals surface area contributed by atoms with Gasteiger partial charge in [-0.2, -0.15) is 4.31 Å². The number of rotatable bonds is 15. The summed E-state index contributed by atoms with van der Waals surface area (Å²) in [5.41, 5.74) is 0.889. The fourth-order valence-corrected chi connectivity index (χ4v) is 5.28. The van der Waals surface area contributed by atoms with E-state index in [0.717, 1.165) is 12.0 Å². The number of methoxy groups -OCH3 is 1. The normalized spacial score (nSPS) is 14.2. The van der Waals surface area contributed by atoms with Crippen molar-refractivity contribution in [2.45, 2.75) is 63.5 Å². The fourth-order valence-electron chi connectivity index (χ4n) is 3.70. The molecule has 0 saturated carbocycles. The highest BCUT2D eigenvalue weighted by Crippen LogP contribution is 2.22. The molecule has 2 aromatic carbocycles. The molecule has 2 N–H and O–H groups in total. The average Bonchev–Trinajstić information content (AvgIpc) is 2.87. The molecule has 3 atom stereocenters. The topological polar surface area (TPSA) is 113 Å². The van der Waals surface area contributed by atoms with Crippen molar-refractivity contribution in [2.75, 3.05) is 20.2 Å². The van der Waals surface area contributed by atoms with E-state index in [2.05, 4.69) is 5.32 Å². The largest absolute Gasteiger partial charge is 0.497 e. The van der Waals surface area contributed by atoms with Crippen LogP contribution in [-0.2, 0) is 26.0 Å². The van der Waals surface area contributed by atoms with Crippen molar-refractivity contribution in [2.24, 2.45) is 5.92 Å². The van der Waals surface area contributed by atoms with Gasteiger partial charge in [-0.25, -0.2) is 8.42 Å². The number of carbonyl (C=O) groups is 2. The molecule has 0 aliphatic rings. The van der Waals surface area contributed by atoms with Crippen LogP contribution in [0.3, 0.4) is 0 Å². The summed E-state index contributed by atoms with van der Waals surface area (Å²) in [6, 6.07) is 14.7. The second kappa shape index (κ2) is 14.1. The van der Waals surface area contributed by atoms with Crippen LogP contribution < -0.4 is 10.1 Å². The van der Waals surface area contributed by atoms with E-state index in [1.165, 1.54) is 30.5 Å². The van der Waals surface area contributed by atoms with E-state index in [-0.39, 0.29) is 48.4 Å². The molecular formula is C27H38N2O6S. The predicted octanol–water partition coefficient (Wildman–Crippen LogP) is 3.19. The Morgan fingerprint density at radius 3 is 2.22 bits per heavy atom. The Bertz CT molecular complexity index is 1070. The molecule has 0 spiro atoms. The van der Waals surface area contributed by atoms with Gasteiger partial charge in [0, 0.05) is 25.9 Å². The molecule has 8 nitrogen and oxygen atoms in total. The minimum absolute atomic E-state index is 0.00801. The van der Waals surface area contributed by atoms with Crippen LogP contribution in [0.2, 0.25) is 0 Å². The minimum Gasteiger partial charge on any atom is -0.497 e. The minimum atomic E-state index is -3.92. The van der Waals surface area contributed by atoms with E-state index in [4.69, 9.17) is 4.74 Å². The van der Waals surface area contributed by atoms with Crippen LogP contribution in [-0.4, -0.2) is 61.9 Å². The van der Waals surface area contributed by atoms with Gasteiger partial charge in [-0.05, 0) is 49.1 Å². The zero-order chi connectivity index (χ0) is 26.7. The molecule has 0 aromatic heterocycles. The lowest BCUT2D eigenvalue weighted by Gasteiger charge is -2.31. The van der Waals surface area contributed by atoms with E-state index in [1.807, 2.05) is 44.2 Å². The number of nitrogens with zero attached hydrogens (tertiary/aromatic N) is 1. The second-order valence-electron chi connectivity index (χ2n) is 9.14. The number of hydrogen-bond donors (Lipinski definition) is 2. The molecule has 9 heteroatoms. The van der Waals surface area contributed by atoms with Crippen LogP contribution in [0.15, 0.2) is 59.5 Å². The summed E-state index contributed by atoms with van der Waals surface area (Å²) in [7, 11) is -2.42. The monoisotopic (exact) mass is 518 g/mol. The van der Waals surface area contributed by atoms with Gasteiger partial charge in [0.2, 0.25) is 15.9 Å². The molecule has 2 aromatic rings. The molecule has 198 valence electrons. The molecule has 0 fully saturated rings. The average molecular weight is 519 g/mol. The Balaban J connectivity index is 2.31. The number of nitrogens with one attached hydrogen (secondary N) is 1. The number of hydrogen-bond acceptors (Lipinski definition) is 6. The number of ether oxygens (including phenoxy) is 1. The van der Waals surface area contributed by atoms with Crippen molar-refractivity contribution in [3.05, 3.63) is 60.2 Å². The maximum absolute atomic E-state index is 13.5. The van der Waals surface area contributed by atoms with Crippen LogP contribution in [0.25, 0.3) is 0 Å². The van der Waals surface area contributed by atoms with Gasteiger partial charge in [-0.15, -0.1) is 0 Å². The summed E-state index contributed by atoms with van der Waals surface area (Å²) in [5.74, 6) is 0.133. The van der Waals surface area contributed by atoms with Gasteiger partial charge in [-0.3, -0.25) is 4.79 Å². The lowest BCUT2D eigenvalue weighted by Crippen LogP contribution is -2.51. The Morgan fingerprint density at radius 1 is 1.03 bits per heavy atom. The van der Waals surface area contributed by atoms with E-state index < -0.39 is 22.2 Å². The van der Waals surface area contributed by atoms with Crippen molar-refractivity contribution in [3.8, 4) is 5.75 Å². The molecule has 0 unspecified atom stereocenters. The number of sulfonamides is 1. The highest BCUT2D eigenvalue weighted by molar-refractivity contribution is 7.89. The molecule has 0 aliphatic carbocycles. The SMILES string of the molecule is CC[C@H](C)CN(C[C@@H](O)[C@H](Cc1ccccc1)NC(=O)CCC(C)=O)S(=O)(=O)c1ccc(OC)cc1. The van der Waals surface area contributed by atoms with Gasteiger partial charge in [0.1, 0.15) is 11.5 Å². The van der Waals surface area contributed by atoms with Crippen LogP contribution in [0.1, 0.15) is 45.6 Å². The molecule has 2 rings (SSSR count). The van der Waals surface area contributed by atoms with Gasteiger partial charge in [-0.1, -0.05) is 50.6 Å². The quantitative estimate of drug-likeness (QED) is 0.374. The Labute approximate surface area is 214 Å². The van der Waals surface area contributed by atoms with Gasteiger partial charge >= 0.3 is 0 Å². The van der Waals surface area contributed by atoms with Crippen molar-refractivity contribution in [1.29, 1.82) is 0 Å². The van der Waals surface area contributed by atoms with E-state index in [9.17, 15) is 23.1 Å². The van der Waals surface area contributed by atoms with E-state index in [1.54, 1.807) is 12.1 Å². The molecule has 0 saturated heterocycles. The number of aliphatic hydroxyl groups is 1. The van der Waals surface area contributed by atoms with Gasteiger partial charge in [0.05, 0.1) is 24.2 Å². The van der Waals surface area contributed by atoms with Crippen molar-refractivity contribution in [3.63, 3.8) is 0 Å². The lowest BCUT2D eigenvalue weighted by atomic mass is 10.0. The van der Waals surface area contributed by atoms with Crippen LogP contribution in [0.5, 0.6) is 5.75 Å². The van der Waals surface area contributed by atoms with Crippen LogP contribution >= 0.6 is 0 Å². The third kappa shape index (κ3) is 9.04. The number of ketones is 1.